The van der Waals surface area contributed by atoms with Gasteiger partial charge in [-0.05, 0) is 44.7 Å². The third kappa shape index (κ3) is 2.47. The second-order valence-corrected chi connectivity index (χ2v) is 4.60. The number of nitrogens with zero attached hydrogens (tertiary/aromatic N) is 1. The van der Waals surface area contributed by atoms with Gasteiger partial charge >= 0.3 is 0 Å². The number of hydrogen-bond acceptors (Lipinski definition) is 2. The summed E-state index contributed by atoms with van der Waals surface area (Å²) in [4.78, 5) is 13.6. The number of carbonyl (C=O) groups excluding carboxylic acids is 1. The van der Waals surface area contributed by atoms with E-state index in [1.54, 1.807) is 6.92 Å². The van der Waals surface area contributed by atoms with E-state index in [-0.39, 0.29) is 5.91 Å². The molecule has 0 radical (unpaired) electrons. The normalized spacial score (nSPS) is 23.5. The molecular weight excluding hydrogens is 176 g/mol. The molecule has 2 rings (SSSR count). The fourth-order valence-corrected chi connectivity index (χ4v) is 2.23. The van der Waals surface area contributed by atoms with Crippen molar-refractivity contribution in [2.75, 3.05) is 19.6 Å². The van der Waals surface area contributed by atoms with Crippen LogP contribution in [-0.4, -0.2) is 36.5 Å². The SMILES string of the molecule is CC(=O)N(CC1CC1)C1CCNCC1. The lowest BCUT2D eigenvalue weighted by Gasteiger charge is -2.34. The molecule has 3 nitrogen and oxygen atoms in total. The monoisotopic (exact) mass is 196 g/mol. The predicted octanol–water partition coefficient (Wildman–Crippen LogP) is 0.997. The quantitative estimate of drug-likeness (QED) is 0.730. The van der Waals surface area contributed by atoms with E-state index < -0.39 is 0 Å². The third-order valence-corrected chi connectivity index (χ3v) is 3.31. The molecule has 0 spiro atoms. The Morgan fingerprint density at radius 2 is 1.93 bits per heavy atom. The van der Waals surface area contributed by atoms with Crippen molar-refractivity contribution in [3.63, 3.8) is 0 Å². The first-order valence-corrected chi connectivity index (χ1v) is 5.75. The lowest BCUT2D eigenvalue weighted by molar-refractivity contribution is -0.131. The summed E-state index contributed by atoms with van der Waals surface area (Å²) in [6.07, 6.45) is 4.92. The highest BCUT2D eigenvalue weighted by Crippen LogP contribution is 2.31. The molecule has 0 aromatic heterocycles. The van der Waals surface area contributed by atoms with Gasteiger partial charge in [0.2, 0.25) is 5.91 Å². The summed E-state index contributed by atoms with van der Waals surface area (Å²) in [5, 5.41) is 3.34. The largest absolute Gasteiger partial charge is 0.340 e. The Bertz CT molecular complexity index is 207. The molecule has 1 saturated heterocycles. The molecule has 2 aliphatic rings. The zero-order chi connectivity index (χ0) is 9.97. The Morgan fingerprint density at radius 1 is 1.29 bits per heavy atom. The highest BCUT2D eigenvalue weighted by molar-refractivity contribution is 5.73. The van der Waals surface area contributed by atoms with Crippen LogP contribution in [-0.2, 0) is 4.79 Å². The van der Waals surface area contributed by atoms with Crippen molar-refractivity contribution in [1.82, 2.24) is 10.2 Å². The van der Waals surface area contributed by atoms with Crippen LogP contribution in [0.25, 0.3) is 0 Å². The third-order valence-electron chi connectivity index (χ3n) is 3.31. The van der Waals surface area contributed by atoms with Crippen LogP contribution >= 0.6 is 0 Å². The number of carbonyl (C=O) groups is 1. The summed E-state index contributed by atoms with van der Waals surface area (Å²) in [5.74, 6) is 1.08. The first-order chi connectivity index (χ1) is 6.77. The zero-order valence-corrected chi connectivity index (χ0v) is 8.96. The van der Waals surface area contributed by atoms with Crippen molar-refractivity contribution in [1.29, 1.82) is 0 Å². The molecule has 0 aromatic carbocycles. The number of amides is 1. The second kappa shape index (κ2) is 4.30. The van der Waals surface area contributed by atoms with Gasteiger partial charge in [0.1, 0.15) is 0 Å². The van der Waals surface area contributed by atoms with E-state index in [1.165, 1.54) is 12.8 Å². The van der Waals surface area contributed by atoms with Crippen LogP contribution in [0.5, 0.6) is 0 Å². The number of rotatable bonds is 3. The Morgan fingerprint density at radius 3 is 2.43 bits per heavy atom. The molecule has 1 heterocycles. The molecule has 3 heteroatoms. The average molecular weight is 196 g/mol. The lowest BCUT2D eigenvalue weighted by Crippen LogP contribution is -2.46. The van der Waals surface area contributed by atoms with E-state index in [4.69, 9.17) is 0 Å². The fraction of sp³-hybridized carbons (Fsp3) is 0.909. The van der Waals surface area contributed by atoms with Crippen LogP contribution in [0.4, 0.5) is 0 Å². The van der Waals surface area contributed by atoms with E-state index in [1.807, 2.05) is 0 Å². The summed E-state index contributed by atoms with van der Waals surface area (Å²) in [6.45, 7) is 4.86. The molecule has 0 aromatic rings. The van der Waals surface area contributed by atoms with Crippen LogP contribution < -0.4 is 5.32 Å². The highest BCUT2D eigenvalue weighted by Gasteiger charge is 2.30. The molecule has 1 aliphatic carbocycles. The fourth-order valence-electron chi connectivity index (χ4n) is 2.23. The van der Waals surface area contributed by atoms with Gasteiger partial charge < -0.3 is 10.2 Å². The van der Waals surface area contributed by atoms with Gasteiger partial charge in [0, 0.05) is 19.5 Å². The van der Waals surface area contributed by atoms with Gasteiger partial charge in [-0.1, -0.05) is 0 Å². The summed E-state index contributed by atoms with van der Waals surface area (Å²) >= 11 is 0. The molecule has 1 amide bonds. The van der Waals surface area contributed by atoms with Gasteiger partial charge in [-0.15, -0.1) is 0 Å². The first-order valence-electron chi connectivity index (χ1n) is 5.75. The van der Waals surface area contributed by atoms with Crippen molar-refractivity contribution >= 4 is 5.91 Å². The van der Waals surface area contributed by atoms with E-state index in [0.717, 1.165) is 38.4 Å². The smallest absolute Gasteiger partial charge is 0.219 e. The minimum Gasteiger partial charge on any atom is -0.340 e. The molecule has 80 valence electrons. The van der Waals surface area contributed by atoms with E-state index in [2.05, 4.69) is 10.2 Å². The van der Waals surface area contributed by atoms with Crippen molar-refractivity contribution in [3.8, 4) is 0 Å². The molecule has 1 aliphatic heterocycles. The van der Waals surface area contributed by atoms with Gasteiger partial charge in [0.05, 0.1) is 0 Å². The molecule has 0 atom stereocenters. The molecule has 0 bridgehead atoms. The Balaban J connectivity index is 1.89. The minimum absolute atomic E-state index is 0.267. The van der Waals surface area contributed by atoms with Crippen LogP contribution in [0.15, 0.2) is 0 Å². The lowest BCUT2D eigenvalue weighted by atomic mass is 10.0. The first kappa shape index (κ1) is 9.97. The Kier molecular flexibility index (Phi) is 3.06. The van der Waals surface area contributed by atoms with Crippen molar-refractivity contribution < 1.29 is 4.79 Å². The molecule has 2 fully saturated rings. The highest BCUT2D eigenvalue weighted by atomic mass is 16.2. The Labute approximate surface area is 85.8 Å². The topological polar surface area (TPSA) is 32.3 Å². The van der Waals surface area contributed by atoms with E-state index in [9.17, 15) is 4.79 Å². The molecule has 14 heavy (non-hydrogen) atoms. The number of nitrogens with one attached hydrogen (secondary N) is 1. The standard InChI is InChI=1S/C11H20N2O/c1-9(14)13(8-10-2-3-10)11-4-6-12-7-5-11/h10-12H,2-8H2,1H3. The van der Waals surface area contributed by atoms with Gasteiger partial charge in [-0.25, -0.2) is 0 Å². The maximum Gasteiger partial charge on any atom is 0.219 e. The molecule has 1 saturated carbocycles. The summed E-state index contributed by atoms with van der Waals surface area (Å²) < 4.78 is 0. The number of hydrogen-bond donors (Lipinski definition) is 1. The van der Waals surface area contributed by atoms with Gasteiger partial charge in [0.25, 0.3) is 0 Å². The van der Waals surface area contributed by atoms with Gasteiger partial charge in [-0.3, -0.25) is 4.79 Å². The van der Waals surface area contributed by atoms with Gasteiger partial charge in [-0.2, -0.15) is 0 Å². The Hall–Kier alpha value is -0.570. The average Bonchev–Trinajstić information content (AvgIpc) is 2.99. The maximum absolute atomic E-state index is 11.5. The van der Waals surface area contributed by atoms with Crippen molar-refractivity contribution in [2.45, 2.75) is 38.6 Å². The maximum atomic E-state index is 11.5. The summed E-state index contributed by atoms with van der Waals surface area (Å²) in [6, 6.07) is 0.509. The second-order valence-electron chi connectivity index (χ2n) is 4.60. The summed E-state index contributed by atoms with van der Waals surface area (Å²) in [7, 11) is 0. The van der Waals surface area contributed by atoms with Crippen molar-refractivity contribution in [3.05, 3.63) is 0 Å². The molecule has 0 unspecified atom stereocenters. The van der Waals surface area contributed by atoms with Crippen LogP contribution in [0, 0.1) is 5.92 Å². The van der Waals surface area contributed by atoms with Crippen LogP contribution in [0.2, 0.25) is 0 Å². The van der Waals surface area contributed by atoms with Crippen LogP contribution in [0.3, 0.4) is 0 Å². The predicted molar refractivity (Wildman–Crippen MR) is 56.0 cm³/mol. The van der Waals surface area contributed by atoms with E-state index in [0.29, 0.717) is 6.04 Å². The van der Waals surface area contributed by atoms with Crippen LogP contribution in [0.1, 0.15) is 32.6 Å². The number of piperidine rings is 1. The van der Waals surface area contributed by atoms with E-state index >= 15 is 0 Å². The van der Waals surface area contributed by atoms with Gasteiger partial charge in [0.15, 0.2) is 0 Å². The molecular formula is C11H20N2O. The van der Waals surface area contributed by atoms with Crippen molar-refractivity contribution in [2.24, 2.45) is 5.92 Å². The zero-order valence-electron chi connectivity index (χ0n) is 8.96. The minimum atomic E-state index is 0.267. The molecule has 1 N–H and O–H groups in total. The summed E-state index contributed by atoms with van der Waals surface area (Å²) in [5.41, 5.74) is 0.